The zero-order valence-corrected chi connectivity index (χ0v) is 8.34. The summed E-state index contributed by atoms with van der Waals surface area (Å²) in [7, 11) is 0. The fourth-order valence-corrected chi connectivity index (χ4v) is 1.13. The molecule has 1 amide bonds. The smallest absolute Gasteiger partial charge is 0.240 e. The molecule has 0 radical (unpaired) electrons. The molecule has 0 bridgehead atoms. The van der Waals surface area contributed by atoms with Gasteiger partial charge in [0.05, 0.1) is 24.9 Å². The molecule has 0 unspecified atom stereocenters. The number of carbonyl (C=O) groups is 1. The lowest BCUT2D eigenvalue weighted by Gasteiger charge is -1.95. The number of nitrogens with two attached hydrogens (primary N) is 1. The molecule has 0 aliphatic heterocycles. The van der Waals surface area contributed by atoms with E-state index in [1.54, 1.807) is 6.07 Å². The fraction of sp³-hybridized carbons (Fsp3) is 0.222. The SMILES string of the molecule is NC(=O)CNCc1nc(-c2ccoc2)no1. The van der Waals surface area contributed by atoms with Crippen LogP contribution in [0.1, 0.15) is 5.89 Å². The second-order valence-electron chi connectivity index (χ2n) is 3.09. The molecule has 0 aliphatic rings. The Hall–Kier alpha value is -2.15. The van der Waals surface area contributed by atoms with E-state index in [1.807, 2.05) is 0 Å². The molecular weight excluding hydrogens is 212 g/mol. The molecule has 0 aliphatic carbocycles. The predicted octanol–water partition coefficient (Wildman–Crippen LogP) is -0.0955. The number of aromatic nitrogens is 2. The van der Waals surface area contributed by atoms with E-state index in [9.17, 15) is 4.79 Å². The molecular formula is C9H10N4O3. The molecule has 2 aromatic rings. The summed E-state index contributed by atoms with van der Waals surface area (Å²) in [6.07, 6.45) is 3.04. The number of carbonyl (C=O) groups excluding carboxylic acids is 1. The topological polar surface area (TPSA) is 107 Å². The van der Waals surface area contributed by atoms with Gasteiger partial charge in [0.1, 0.15) is 6.26 Å². The summed E-state index contributed by atoms with van der Waals surface area (Å²) in [6.45, 7) is 0.372. The summed E-state index contributed by atoms with van der Waals surface area (Å²) in [5.41, 5.74) is 5.70. The van der Waals surface area contributed by atoms with Crippen molar-refractivity contribution in [1.82, 2.24) is 15.5 Å². The van der Waals surface area contributed by atoms with Gasteiger partial charge in [0.25, 0.3) is 0 Å². The summed E-state index contributed by atoms with van der Waals surface area (Å²) in [6, 6.07) is 1.73. The van der Waals surface area contributed by atoms with E-state index in [1.165, 1.54) is 12.5 Å². The number of nitrogens with zero attached hydrogens (tertiary/aromatic N) is 2. The van der Waals surface area contributed by atoms with Gasteiger partial charge < -0.3 is 14.7 Å². The molecule has 0 saturated heterocycles. The molecule has 3 N–H and O–H groups in total. The largest absolute Gasteiger partial charge is 0.472 e. The lowest BCUT2D eigenvalue weighted by molar-refractivity contribution is -0.117. The Morgan fingerprint density at radius 2 is 2.44 bits per heavy atom. The van der Waals surface area contributed by atoms with Crippen molar-refractivity contribution in [1.29, 1.82) is 0 Å². The van der Waals surface area contributed by atoms with Gasteiger partial charge in [-0.3, -0.25) is 10.1 Å². The van der Waals surface area contributed by atoms with E-state index in [2.05, 4.69) is 15.5 Å². The summed E-state index contributed by atoms with van der Waals surface area (Å²) in [5.74, 6) is 0.400. The Labute approximate surface area is 90.6 Å². The first-order chi connectivity index (χ1) is 7.75. The van der Waals surface area contributed by atoms with Crippen molar-refractivity contribution in [3.8, 4) is 11.4 Å². The van der Waals surface area contributed by atoms with Gasteiger partial charge >= 0.3 is 0 Å². The third kappa shape index (κ3) is 2.45. The van der Waals surface area contributed by atoms with Gasteiger partial charge in [0, 0.05) is 0 Å². The second-order valence-corrected chi connectivity index (χ2v) is 3.09. The minimum atomic E-state index is -0.436. The van der Waals surface area contributed by atoms with Gasteiger partial charge in [-0.25, -0.2) is 0 Å². The van der Waals surface area contributed by atoms with Crippen LogP contribution in [-0.2, 0) is 11.3 Å². The van der Waals surface area contributed by atoms with Gasteiger partial charge in [-0.1, -0.05) is 5.16 Å². The summed E-state index contributed by atoms with van der Waals surface area (Å²) in [4.78, 5) is 14.6. The van der Waals surface area contributed by atoms with Crippen molar-refractivity contribution >= 4 is 5.91 Å². The molecule has 2 aromatic heterocycles. The number of primary amides is 1. The molecule has 84 valence electrons. The zero-order valence-electron chi connectivity index (χ0n) is 8.34. The van der Waals surface area contributed by atoms with Crippen LogP contribution in [0, 0.1) is 0 Å². The molecule has 16 heavy (non-hydrogen) atoms. The third-order valence-corrected chi connectivity index (χ3v) is 1.82. The van der Waals surface area contributed by atoms with Crippen LogP contribution < -0.4 is 11.1 Å². The lowest BCUT2D eigenvalue weighted by atomic mass is 10.3. The van der Waals surface area contributed by atoms with Crippen LogP contribution in [0.15, 0.2) is 27.5 Å². The Balaban J connectivity index is 1.95. The van der Waals surface area contributed by atoms with Crippen molar-refractivity contribution in [2.24, 2.45) is 5.73 Å². The Bertz CT molecular complexity index is 463. The first-order valence-electron chi connectivity index (χ1n) is 4.60. The van der Waals surface area contributed by atoms with Crippen LogP contribution in [-0.4, -0.2) is 22.6 Å². The summed E-state index contributed by atoms with van der Waals surface area (Å²) in [5, 5.41) is 6.52. The van der Waals surface area contributed by atoms with Gasteiger partial charge in [0.15, 0.2) is 0 Å². The van der Waals surface area contributed by atoms with E-state index < -0.39 is 5.91 Å². The minimum Gasteiger partial charge on any atom is -0.472 e. The van der Waals surface area contributed by atoms with E-state index in [0.29, 0.717) is 18.3 Å². The van der Waals surface area contributed by atoms with Crippen LogP contribution in [0.2, 0.25) is 0 Å². The van der Waals surface area contributed by atoms with Crippen LogP contribution >= 0.6 is 0 Å². The standard InChI is InChI=1S/C9H10N4O3/c10-7(14)3-11-4-8-12-9(13-16-8)6-1-2-15-5-6/h1-2,5,11H,3-4H2,(H2,10,14). The normalized spacial score (nSPS) is 10.5. The Kier molecular flexibility index (Phi) is 2.97. The van der Waals surface area contributed by atoms with Crippen LogP contribution in [0.25, 0.3) is 11.4 Å². The molecule has 0 fully saturated rings. The van der Waals surface area contributed by atoms with Crippen LogP contribution in [0.3, 0.4) is 0 Å². The number of amides is 1. The number of hydrogen-bond donors (Lipinski definition) is 2. The van der Waals surface area contributed by atoms with E-state index in [4.69, 9.17) is 14.7 Å². The number of rotatable bonds is 5. The first-order valence-corrected chi connectivity index (χ1v) is 4.60. The maximum atomic E-state index is 10.5. The monoisotopic (exact) mass is 222 g/mol. The summed E-state index contributed by atoms with van der Waals surface area (Å²) < 4.78 is 9.85. The molecule has 0 saturated carbocycles. The van der Waals surface area contributed by atoms with Crippen molar-refractivity contribution < 1.29 is 13.7 Å². The highest BCUT2D eigenvalue weighted by Gasteiger charge is 2.09. The maximum Gasteiger partial charge on any atom is 0.240 e. The molecule has 2 rings (SSSR count). The summed E-state index contributed by atoms with van der Waals surface area (Å²) >= 11 is 0. The Morgan fingerprint density at radius 1 is 1.56 bits per heavy atom. The lowest BCUT2D eigenvalue weighted by Crippen LogP contribution is -2.28. The maximum absolute atomic E-state index is 10.5. The highest BCUT2D eigenvalue weighted by molar-refractivity contribution is 5.75. The third-order valence-electron chi connectivity index (χ3n) is 1.82. The van der Waals surface area contributed by atoms with Crippen LogP contribution in [0.5, 0.6) is 0 Å². The minimum absolute atomic E-state index is 0.0728. The van der Waals surface area contributed by atoms with Crippen molar-refractivity contribution in [2.75, 3.05) is 6.54 Å². The van der Waals surface area contributed by atoms with Crippen LogP contribution in [0.4, 0.5) is 0 Å². The molecule has 2 heterocycles. The average Bonchev–Trinajstić information content (AvgIpc) is 2.85. The van der Waals surface area contributed by atoms with Gasteiger partial charge in [0.2, 0.25) is 17.6 Å². The molecule has 0 aromatic carbocycles. The second kappa shape index (κ2) is 4.58. The molecule has 7 heteroatoms. The predicted molar refractivity (Wildman–Crippen MR) is 52.9 cm³/mol. The first kappa shape index (κ1) is 10.4. The van der Waals surface area contributed by atoms with Crippen molar-refractivity contribution in [3.63, 3.8) is 0 Å². The van der Waals surface area contributed by atoms with E-state index in [0.717, 1.165) is 5.56 Å². The number of hydrogen-bond acceptors (Lipinski definition) is 6. The molecule has 0 atom stereocenters. The fourth-order valence-electron chi connectivity index (χ4n) is 1.13. The Morgan fingerprint density at radius 3 is 3.12 bits per heavy atom. The quantitative estimate of drug-likeness (QED) is 0.731. The van der Waals surface area contributed by atoms with Gasteiger partial charge in [-0.2, -0.15) is 4.98 Å². The van der Waals surface area contributed by atoms with E-state index >= 15 is 0 Å². The zero-order chi connectivity index (χ0) is 11.4. The number of furan rings is 1. The highest BCUT2D eigenvalue weighted by Crippen LogP contribution is 2.15. The van der Waals surface area contributed by atoms with Crippen molar-refractivity contribution in [3.05, 3.63) is 24.5 Å². The molecule has 0 spiro atoms. The molecule has 7 nitrogen and oxygen atoms in total. The number of nitrogens with one attached hydrogen (secondary N) is 1. The van der Waals surface area contributed by atoms with Crippen molar-refractivity contribution in [2.45, 2.75) is 6.54 Å². The van der Waals surface area contributed by atoms with Gasteiger partial charge in [-0.05, 0) is 6.07 Å². The average molecular weight is 222 g/mol. The van der Waals surface area contributed by atoms with Gasteiger partial charge in [-0.15, -0.1) is 0 Å². The van der Waals surface area contributed by atoms with E-state index in [-0.39, 0.29) is 6.54 Å². The highest BCUT2D eigenvalue weighted by atomic mass is 16.5.